The SMILES string of the molecule is C#CC[C@@H]1CN(c2nc(OC[C@@H]3CCCN3C)nc3c2C[C@H](C)[C@@H](c2cccc4c2CCC4)C3)CCN1C(=O)C=C. The van der Waals surface area contributed by atoms with Crippen molar-refractivity contribution in [1.29, 1.82) is 0 Å². The van der Waals surface area contributed by atoms with E-state index in [1.54, 1.807) is 5.56 Å². The van der Waals surface area contributed by atoms with Gasteiger partial charge in [-0.25, -0.2) is 0 Å². The van der Waals surface area contributed by atoms with Crippen LogP contribution < -0.4 is 9.64 Å². The third kappa shape index (κ3) is 5.47. The number of ether oxygens (including phenoxy) is 1. The first-order valence-corrected chi connectivity index (χ1v) is 15.4. The molecule has 2 aliphatic heterocycles. The largest absolute Gasteiger partial charge is 0.462 e. The van der Waals surface area contributed by atoms with E-state index in [1.165, 1.54) is 48.4 Å². The fourth-order valence-electron chi connectivity index (χ4n) is 7.61. The van der Waals surface area contributed by atoms with Crippen LogP contribution in [-0.2, 0) is 30.5 Å². The zero-order valence-electron chi connectivity index (χ0n) is 24.6. The summed E-state index contributed by atoms with van der Waals surface area (Å²) >= 11 is 0. The summed E-state index contributed by atoms with van der Waals surface area (Å²) in [5.74, 6) is 4.58. The van der Waals surface area contributed by atoms with Crippen LogP contribution in [0, 0.1) is 18.3 Å². The molecule has 6 rings (SSSR count). The predicted octanol–water partition coefficient (Wildman–Crippen LogP) is 4.18. The summed E-state index contributed by atoms with van der Waals surface area (Å²) in [5, 5.41) is 0. The van der Waals surface area contributed by atoms with Gasteiger partial charge in [0.15, 0.2) is 0 Å². The van der Waals surface area contributed by atoms with Gasteiger partial charge < -0.3 is 19.4 Å². The number of hydrogen-bond donors (Lipinski definition) is 0. The minimum absolute atomic E-state index is 0.0637. The second kappa shape index (κ2) is 11.9. The Labute approximate surface area is 245 Å². The molecule has 216 valence electrons. The van der Waals surface area contributed by atoms with Gasteiger partial charge in [-0.2, -0.15) is 9.97 Å². The molecule has 0 radical (unpaired) electrons. The van der Waals surface area contributed by atoms with Crippen LogP contribution in [0.5, 0.6) is 6.01 Å². The molecule has 4 atom stereocenters. The third-order valence-electron chi connectivity index (χ3n) is 9.93. The summed E-state index contributed by atoms with van der Waals surface area (Å²) in [6.07, 6.45) is 15.4. The average Bonchev–Trinajstić information content (AvgIpc) is 3.64. The molecule has 2 aliphatic carbocycles. The third-order valence-corrected chi connectivity index (χ3v) is 9.93. The molecule has 2 aromatic rings. The van der Waals surface area contributed by atoms with Gasteiger partial charge in [0.2, 0.25) is 5.91 Å². The minimum atomic E-state index is -0.0814. The van der Waals surface area contributed by atoms with Crippen molar-refractivity contribution in [1.82, 2.24) is 19.8 Å². The van der Waals surface area contributed by atoms with Gasteiger partial charge in [0.1, 0.15) is 12.4 Å². The standard InChI is InChI=1S/C34H43N5O2/c1-5-10-25-21-38(17-18-39(25)32(40)6-2)33-30-19-23(3)29(28-15-8-12-24-11-7-14-27(24)28)20-31(30)35-34(36-33)41-22-26-13-9-16-37(26)4/h1,6,8,12,15,23,25-26,29H,2,7,9-11,13-14,16-22H2,3-4H3/t23-,25+,26-,29-/m0/s1. The fourth-order valence-corrected chi connectivity index (χ4v) is 7.61. The molecule has 3 heterocycles. The van der Waals surface area contributed by atoms with Crippen molar-refractivity contribution in [2.75, 3.05) is 44.7 Å². The molecule has 7 nitrogen and oxygen atoms in total. The van der Waals surface area contributed by atoms with Crippen LogP contribution in [0.3, 0.4) is 0 Å². The van der Waals surface area contributed by atoms with Crippen molar-refractivity contribution < 1.29 is 9.53 Å². The normalized spacial score (nSPS) is 25.9. The van der Waals surface area contributed by atoms with Crippen molar-refractivity contribution in [3.63, 3.8) is 0 Å². The number of fused-ring (bicyclic) bond motifs is 2. The Hall–Kier alpha value is -3.37. The summed E-state index contributed by atoms with van der Waals surface area (Å²) in [6, 6.07) is 7.70. The van der Waals surface area contributed by atoms with Crippen LogP contribution in [0.4, 0.5) is 5.82 Å². The summed E-state index contributed by atoms with van der Waals surface area (Å²) in [5.41, 5.74) is 6.96. The van der Waals surface area contributed by atoms with Gasteiger partial charge in [-0.15, -0.1) is 12.3 Å². The highest BCUT2D eigenvalue weighted by molar-refractivity contribution is 5.87. The predicted molar refractivity (Wildman–Crippen MR) is 162 cm³/mol. The lowest BCUT2D eigenvalue weighted by molar-refractivity contribution is -0.128. The molecule has 41 heavy (non-hydrogen) atoms. The molecule has 0 N–H and O–H groups in total. The van der Waals surface area contributed by atoms with E-state index in [1.807, 2.05) is 4.90 Å². The number of aromatic nitrogens is 2. The van der Waals surface area contributed by atoms with Gasteiger partial charge >= 0.3 is 6.01 Å². The molecule has 2 saturated heterocycles. The van der Waals surface area contributed by atoms with Gasteiger partial charge in [0, 0.05) is 37.7 Å². The van der Waals surface area contributed by atoms with Crippen LogP contribution in [0.2, 0.25) is 0 Å². The van der Waals surface area contributed by atoms with Crippen LogP contribution in [0.25, 0.3) is 0 Å². The van der Waals surface area contributed by atoms with Gasteiger partial charge in [0.05, 0.1) is 11.7 Å². The molecule has 0 unspecified atom stereocenters. The Morgan fingerprint density at radius 2 is 2.02 bits per heavy atom. The van der Waals surface area contributed by atoms with Crippen molar-refractivity contribution >= 4 is 11.7 Å². The number of carbonyl (C=O) groups is 1. The number of piperazine rings is 1. The summed E-state index contributed by atoms with van der Waals surface area (Å²) < 4.78 is 6.35. The first kappa shape index (κ1) is 27.8. The lowest BCUT2D eigenvalue weighted by Crippen LogP contribution is -2.55. The first-order chi connectivity index (χ1) is 20.0. The fraction of sp³-hybridized carbons (Fsp3) is 0.559. The summed E-state index contributed by atoms with van der Waals surface area (Å²) in [7, 11) is 2.17. The number of likely N-dealkylation sites (tertiary alicyclic amines) is 1. The van der Waals surface area contributed by atoms with Crippen LogP contribution >= 0.6 is 0 Å². The maximum Gasteiger partial charge on any atom is 0.318 e. The lowest BCUT2D eigenvalue weighted by Gasteiger charge is -2.42. The number of anilines is 1. The molecule has 0 bridgehead atoms. The number of rotatable bonds is 7. The van der Waals surface area contributed by atoms with E-state index in [2.05, 4.69) is 54.5 Å². The van der Waals surface area contributed by atoms with E-state index in [9.17, 15) is 4.79 Å². The maximum atomic E-state index is 12.6. The van der Waals surface area contributed by atoms with Crippen LogP contribution in [-0.4, -0.2) is 77.6 Å². The molecular formula is C34H43N5O2. The Morgan fingerprint density at radius 1 is 1.15 bits per heavy atom. The number of amides is 1. The molecule has 0 saturated carbocycles. The Kier molecular flexibility index (Phi) is 8.03. The van der Waals surface area contributed by atoms with Crippen LogP contribution in [0.15, 0.2) is 30.9 Å². The average molecular weight is 554 g/mol. The molecule has 7 heteroatoms. The molecule has 0 spiro atoms. The van der Waals surface area contributed by atoms with E-state index >= 15 is 0 Å². The number of nitrogens with zero attached hydrogens (tertiary/aromatic N) is 5. The zero-order chi connectivity index (χ0) is 28.5. The Bertz CT molecular complexity index is 1350. The van der Waals surface area contributed by atoms with Gasteiger partial charge in [-0.3, -0.25) is 4.79 Å². The number of carbonyl (C=O) groups excluding carboxylic acids is 1. The number of aryl methyl sites for hydroxylation is 1. The first-order valence-electron chi connectivity index (χ1n) is 15.4. The Morgan fingerprint density at radius 3 is 2.80 bits per heavy atom. The van der Waals surface area contributed by atoms with Gasteiger partial charge in [-0.05, 0) is 93.1 Å². The van der Waals surface area contributed by atoms with Crippen molar-refractivity contribution in [3.05, 3.63) is 58.8 Å². The second-order valence-electron chi connectivity index (χ2n) is 12.4. The minimum Gasteiger partial charge on any atom is -0.462 e. The highest BCUT2D eigenvalue weighted by Crippen LogP contribution is 2.43. The van der Waals surface area contributed by atoms with Gasteiger partial charge in [-0.1, -0.05) is 31.7 Å². The highest BCUT2D eigenvalue weighted by Gasteiger charge is 2.36. The van der Waals surface area contributed by atoms with Crippen LogP contribution in [0.1, 0.15) is 66.5 Å². The number of terminal acetylenes is 1. The van der Waals surface area contributed by atoms with E-state index in [0.717, 1.165) is 37.3 Å². The zero-order valence-corrected chi connectivity index (χ0v) is 24.6. The molecule has 4 aliphatic rings. The second-order valence-corrected chi connectivity index (χ2v) is 12.4. The van der Waals surface area contributed by atoms with Gasteiger partial charge in [0.25, 0.3) is 0 Å². The Balaban J connectivity index is 1.33. The van der Waals surface area contributed by atoms with E-state index in [4.69, 9.17) is 21.1 Å². The number of hydrogen-bond acceptors (Lipinski definition) is 6. The van der Waals surface area contributed by atoms with E-state index in [0.29, 0.717) is 56.6 Å². The lowest BCUT2D eigenvalue weighted by atomic mass is 9.73. The molecule has 1 aromatic heterocycles. The van der Waals surface area contributed by atoms with E-state index < -0.39 is 0 Å². The number of benzene rings is 1. The maximum absolute atomic E-state index is 12.6. The molecular weight excluding hydrogens is 510 g/mol. The highest BCUT2D eigenvalue weighted by atomic mass is 16.5. The monoisotopic (exact) mass is 553 g/mol. The smallest absolute Gasteiger partial charge is 0.318 e. The number of likely N-dealkylation sites (N-methyl/N-ethyl adjacent to an activating group) is 1. The van der Waals surface area contributed by atoms with Crippen molar-refractivity contribution in [3.8, 4) is 18.4 Å². The molecule has 2 fully saturated rings. The topological polar surface area (TPSA) is 61.8 Å². The molecule has 1 aromatic carbocycles. The summed E-state index contributed by atoms with van der Waals surface area (Å²) in [6.45, 7) is 9.71. The van der Waals surface area contributed by atoms with E-state index in [-0.39, 0.29) is 11.9 Å². The quantitative estimate of drug-likeness (QED) is 0.379. The summed E-state index contributed by atoms with van der Waals surface area (Å²) in [4.78, 5) is 29.3. The van der Waals surface area contributed by atoms with Crippen molar-refractivity contribution in [2.24, 2.45) is 5.92 Å². The van der Waals surface area contributed by atoms with Crippen molar-refractivity contribution in [2.45, 2.75) is 76.3 Å². The molecule has 1 amide bonds.